The molecule has 2 aliphatic heterocycles. The predicted molar refractivity (Wildman–Crippen MR) is 110 cm³/mol. The molecule has 1 aromatic carbocycles. The van der Waals surface area contributed by atoms with E-state index >= 15 is 0 Å². The van der Waals surface area contributed by atoms with Crippen LogP contribution in [-0.2, 0) is 4.74 Å². The van der Waals surface area contributed by atoms with Gasteiger partial charge in [-0.05, 0) is 45.0 Å². The summed E-state index contributed by atoms with van der Waals surface area (Å²) in [6, 6.07) is 6.34. The van der Waals surface area contributed by atoms with Gasteiger partial charge >= 0.3 is 0 Å². The Morgan fingerprint density at radius 2 is 1.88 bits per heavy atom. The summed E-state index contributed by atoms with van der Waals surface area (Å²) in [5.41, 5.74) is -0.299. The number of hydrogen-bond acceptors (Lipinski definition) is 4. The third-order valence-electron chi connectivity index (χ3n) is 5.23. The highest BCUT2D eigenvalue weighted by molar-refractivity contribution is 7.68. The molecular formula is C21H32NO3P. The van der Waals surface area contributed by atoms with Crippen LogP contribution in [0, 0.1) is 11.3 Å². The highest BCUT2D eigenvalue weighted by atomic mass is 31.1. The maximum atomic E-state index is 6.55. The van der Waals surface area contributed by atoms with E-state index in [4.69, 9.17) is 19.2 Å². The van der Waals surface area contributed by atoms with Crippen LogP contribution in [0.5, 0.6) is 11.5 Å². The van der Waals surface area contributed by atoms with E-state index in [1.807, 2.05) is 12.1 Å². The minimum atomic E-state index is -0.634. The number of nitrogens with zero attached hydrogens (tertiary/aromatic N) is 1. The largest absolute Gasteiger partial charge is 0.496 e. The molecule has 0 spiro atoms. The third-order valence-corrected chi connectivity index (χ3v) is 8.82. The highest BCUT2D eigenvalue weighted by Gasteiger charge is 2.53. The Hall–Kier alpha value is -1.28. The Kier molecular flexibility index (Phi) is 5.03. The van der Waals surface area contributed by atoms with Gasteiger partial charge in [0.15, 0.2) is 5.90 Å². The quantitative estimate of drug-likeness (QED) is 0.708. The van der Waals surface area contributed by atoms with Crippen molar-refractivity contribution in [3.63, 3.8) is 0 Å². The molecule has 144 valence electrons. The Balaban J connectivity index is 2.03. The number of hydrogen-bond donors (Lipinski definition) is 0. The molecule has 1 unspecified atom stereocenters. The molecule has 0 aromatic heterocycles. The minimum absolute atomic E-state index is 0.00784. The number of methoxy groups -OCH3 is 1. The summed E-state index contributed by atoms with van der Waals surface area (Å²) in [6.07, 6.45) is 0. The number of rotatable bonds is 4. The van der Waals surface area contributed by atoms with Crippen molar-refractivity contribution in [2.45, 2.75) is 65.5 Å². The number of ether oxygens (including phenoxy) is 3. The van der Waals surface area contributed by atoms with Gasteiger partial charge < -0.3 is 14.2 Å². The number of fused-ring (bicyclic) bond motifs is 1. The molecule has 0 bridgehead atoms. The molecule has 0 aliphatic carbocycles. The van der Waals surface area contributed by atoms with Crippen molar-refractivity contribution in [2.75, 3.05) is 13.7 Å². The molecular weight excluding hydrogens is 345 g/mol. The average Bonchev–Trinajstić information content (AvgIpc) is 3.19. The second-order valence-corrected chi connectivity index (χ2v) is 12.1. The van der Waals surface area contributed by atoms with Crippen molar-refractivity contribution in [2.24, 2.45) is 16.3 Å². The van der Waals surface area contributed by atoms with Crippen LogP contribution in [0.3, 0.4) is 0 Å². The lowest BCUT2D eigenvalue weighted by atomic mass is 9.94. The third kappa shape index (κ3) is 3.22. The van der Waals surface area contributed by atoms with Crippen molar-refractivity contribution >= 4 is 19.1 Å². The fourth-order valence-electron chi connectivity index (χ4n) is 3.64. The Morgan fingerprint density at radius 3 is 2.42 bits per heavy atom. The van der Waals surface area contributed by atoms with Crippen LogP contribution in [0.4, 0.5) is 0 Å². The number of benzene rings is 1. The molecule has 1 aromatic rings. The second kappa shape index (κ2) is 6.71. The van der Waals surface area contributed by atoms with Crippen molar-refractivity contribution in [1.82, 2.24) is 0 Å². The molecule has 26 heavy (non-hydrogen) atoms. The molecule has 2 heterocycles. The van der Waals surface area contributed by atoms with Crippen LogP contribution < -0.4 is 14.8 Å². The molecule has 0 amide bonds. The van der Waals surface area contributed by atoms with E-state index in [1.54, 1.807) is 7.11 Å². The SMILES string of the molecule is COc1cccc2c1[P@](C(C)(C)C)C(C(C)(C)C1=N[C@H](C(C)C)CO1)O2. The first-order valence-corrected chi connectivity index (χ1v) is 10.8. The first kappa shape index (κ1) is 19.5. The molecule has 0 radical (unpaired) electrons. The van der Waals surface area contributed by atoms with E-state index < -0.39 is 7.92 Å². The van der Waals surface area contributed by atoms with Gasteiger partial charge in [0.25, 0.3) is 0 Å². The summed E-state index contributed by atoms with van der Waals surface area (Å²) in [4.78, 5) is 4.92. The van der Waals surface area contributed by atoms with Gasteiger partial charge in [0.1, 0.15) is 24.0 Å². The van der Waals surface area contributed by atoms with Crippen LogP contribution >= 0.6 is 7.92 Å². The monoisotopic (exact) mass is 377 g/mol. The Morgan fingerprint density at radius 1 is 1.19 bits per heavy atom. The number of aliphatic imine (C=N–C) groups is 1. The smallest absolute Gasteiger partial charge is 0.193 e. The molecule has 0 N–H and O–H groups in total. The zero-order valence-electron chi connectivity index (χ0n) is 17.3. The van der Waals surface area contributed by atoms with Crippen molar-refractivity contribution in [3.05, 3.63) is 18.2 Å². The molecule has 5 heteroatoms. The summed E-state index contributed by atoms with van der Waals surface area (Å²) in [5.74, 6) is 3.20. The van der Waals surface area contributed by atoms with Gasteiger partial charge in [-0.2, -0.15) is 0 Å². The zero-order valence-corrected chi connectivity index (χ0v) is 18.2. The summed E-state index contributed by atoms with van der Waals surface area (Å²) in [6.45, 7) is 16.4. The zero-order chi connectivity index (χ0) is 19.3. The van der Waals surface area contributed by atoms with Gasteiger partial charge in [0, 0.05) is 0 Å². The van der Waals surface area contributed by atoms with Crippen molar-refractivity contribution in [3.8, 4) is 11.5 Å². The van der Waals surface area contributed by atoms with Crippen molar-refractivity contribution < 1.29 is 14.2 Å². The second-order valence-electron chi connectivity index (χ2n) is 9.10. The lowest BCUT2D eigenvalue weighted by molar-refractivity contribution is 0.172. The fourth-order valence-corrected chi connectivity index (χ4v) is 6.99. The first-order valence-electron chi connectivity index (χ1n) is 9.41. The summed E-state index contributed by atoms with van der Waals surface area (Å²) in [7, 11) is 1.10. The lowest BCUT2D eigenvalue weighted by Gasteiger charge is -2.39. The van der Waals surface area contributed by atoms with Crippen LogP contribution in [0.25, 0.3) is 0 Å². The van der Waals surface area contributed by atoms with Gasteiger partial charge in [-0.1, -0.05) is 40.7 Å². The lowest BCUT2D eigenvalue weighted by Crippen LogP contribution is -2.41. The van der Waals surface area contributed by atoms with E-state index in [-0.39, 0.29) is 22.5 Å². The van der Waals surface area contributed by atoms with Crippen LogP contribution in [0.15, 0.2) is 23.2 Å². The van der Waals surface area contributed by atoms with Gasteiger partial charge in [0.2, 0.25) is 0 Å². The molecule has 3 rings (SSSR count). The van der Waals surface area contributed by atoms with Gasteiger partial charge in [-0.3, -0.25) is 0 Å². The summed E-state index contributed by atoms with van der Waals surface area (Å²) >= 11 is 0. The summed E-state index contributed by atoms with van der Waals surface area (Å²) in [5, 5.41) is 1.31. The van der Waals surface area contributed by atoms with Crippen LogP contribution in [0.2, 0.25) is 0 Å². The normalized spacial score (nSPS) is 25.6. The highest BCUT2D eigenvalue weighted by Crippen LogP contribution is 2.64. The first-order chi connectivity index (χ1) is 12.1. The van der Waals surface area contributed by atoms with E-state index in [0.717, 1.165) is 17.4 Å². The van der Waals surface area contributed by atoms with E-state index in [9.17, 15) is 0 Å². The van der Waals surface area contributed by atoms with Gasteiger partial charge in [0.05, 0.1) is 23.9 Å². The molecule has 0 saturated carbocycles. The summed E-state index contributed by atoms with van der Waals surface area (Å²) < 4.78 is 18.3. The van der Waals surface area contributed by atoms with Crippen LogP contribution in [-0.4, -0.2) is 36.7 Å². The van der Waals surface area contributed by atoms with Gasteiger partial charge in [-0.25, -0.2) is 4.99 Å². The Bertz CT molecular complexity index is 706. The van der Waals surface area contributed by atoms with E-state index in [2.05, 4.69) is 54.5 Å². The molecule has 0 saturated heterocycles. The maximum absolute atomic E-state index is 6.55. The minimum Gasteiger partial charge on any atom is -0.496 e. The predicted octanol–water partition coefficient (Wildman–Crippen LogP) is 4.80. The topological polar surface area (TPSA) is 40.0 Å². The standard InChI is InChI=1S/C21H32NO3P/c1-13(2)14-12-24-18(22-14)21(6,7)19-25-16-11-9-10-15(23-8)17(16)26(19)20(3,4)5/h9-11,13-14,19H,12H2,1-8H3/t14-,19?,26-/m0/s1. The Labute approximate surface area is 159 Å². The molecule has 4 nitrogen and oxygen atoms in total. The van der Waals surface area contributed by atoms with E-state index in [0.29, 0.717) is 12.5 Å². The molecule has 2 aliphatic rings. The molecule has 0 fully saturated rings. The molecule has 3 atom stereocenters. The fraction of sp³-hybridized carbons (Fsp3) is 0.667. The maximum Gasteiger partial charge on any atom is 0.193 e. The average molecular weight is 377 g/mol. The van der Waals surface area contributed by atoms with Crippen LogP contribution in [0.1, 0.15) is 48.5 Å². The van der Waals surface area contributed by atoms with Crippen molar-refractivity contribution in [1.29, 1.82) is 0 Å². The van der Waals surface area contributed by atoms with E-state index in [1.165, 1.54) is 5.30 Å². The van der Waals surface area contributed by atoms with Gasteiger partial charge in [-0.15, -0.1) is 0 Å².